The van der Waals surface area contributed by atoms with E-state index in [9.17, 15) is 0 Å². The van der Waals surface area contributed by atoms with Gasteiger partial charge in [0.25, 0.3) is 0 Å². The van der Waals surface area contributed by atoms with Gasteiger partial charge >= 0.3 is 0 Å². The Hall–Kier alpha value is -2.76. The molecule has 0 saturated carbocycles. The molecule has 0 radical (unpaired) electrons. The van der Waals surface area contributed by atoms with Crippen LogP contribution in [0.4, 0.5) is 14.6 Å². The fourth-order valence-electron chi connectivity index (χ4n) is 3.89. The van der Waals surface area contributed by atoms with Crippen molar-refractivity contribution in [2.75, 3.05) is 72.1 Å². The number of rotatable bonds is 8. The fourth-order valence-corrected chi connectivity index (χ4v) is 4.23. The highest BCUT2D eigenvalue weighted by Gasteiger charge is 2.24. The molecule has 3 aromatic rings. The number of nitrogens with one attached hydrogen (secondary N) is 1. The molecule has 0 amide bonds. The van der Waals surface area contributed by atoms with Gasteiger partial charge in [0, 0.05) is 56.9 Å². The first-order chi connectivity index (χ1) is 16.4. The number of benzene rings is 1. The number of thioether (sulfide) groups is 1. The third-order valence-corrected chi connectivity index (χ3v) is 6.43. The molecule has 0 unspecified atom stereocenters. The average molecular weight is 491 g/mol. The Morgan fingerprint density at radius 2 is 1.71 bits per heavy atom. The van der Waals surface area contributed by atoms with Crippen LogP contribution in [0.25, 0.3) is 22.2 Å². The number of pyridine rings is 1. The molecule has 0 atom stereocenters. The molecule has 3 heterocycles. The zero-order valence-corrected chi connectivity index (χ0v) is 20.5. The molecular weight excluding hydrogens is 462 g/mol. The second kappa shape index (κ2) is 10.7. The van der Waals surface area contributed by atoms with Gasteiger partial charge in [-0.2, -0.15) is 0 Å². The molecule has 182 valence electrons. The van der Waals surface area contributed by atoms with E-state index >= 15 is 8.78 Å². The lowest BCUT2D eigenvalue weighted by Crippen LogP contribution is -2.45. The van der Waals surface area contributed by atoms with Crippen LogP contribution in [0.1, 0.15) is 0 Å². The van der Waals surface area contributed by atoms with E-state index in [-0.39, 0.29) is 22.8 Å². The van der Waals surface area contributed by atoms with Crippen molar-refractivity contribution in [3.8, 4) is 22.8 Å². The number of halogens is 2. The van der Waals surface area contributed by atoms with E-state index in [1.807, 2.05) is 6.26 Å². The van der Waals surface area contributed by atoms with E-state index in [4.69, 9.17) is 9.47 Å². The summed E-state index contributed by atoms with van der Waals surface area (Å²) in [6.45, 7) is 5.46. The SMILES string of the molecule is COc1cc(OC)c(F)c(-c2cc3cnc(SC)nc3c(NCCN3CCN(C)CC3)n2)c1F. The van der Waals surface area contributed by atoms with Gasteiger partial charge in [0.2, 0.25) is 0 Å². The maximum absolute atomic E-state index is 15.2. The van der Waals surface area contributed by atoms with Gasteiger partial charge in [0.05, 0.1) is 25.5 Å². The highest BCUT2D eigenvalue weighted by atomic mass is 32.2. The van der Waals surface area contributed by atoms with Crippen molar-refractivity contribution in [2.45, 2.75) is 5.16 Å². The summed E-state index contributed by atoms with van der Waals surface area (Å²) in [5.74, 6) is -1.52. The van der Waals surface area contributed by atoms with E-state index < -0.39 is 11.6 Å². The number of aromatic nitrogens is 3. The number of hydrogen-bond acceptors (Lipinski definition) is 9. The quantitative estimate of drug-likeness (QED) is 0.378. The van der Waals surface area contributed by atoms with E-state index in [0.717, 1.165) is 32.7 Å². The van der Waals surface area contributed by atoms with Gasteiger partial charge in [-0.05, 0) is 19.4 Å². The van der Waals surface area contributed by atoms with Crippen LogP contribution in [0.5, 0.6) is 11.5 Å². The lowest BCUT2D eigenvalue weighted by atomic mass is 10.1. The largest absolute Gasteiger partial charge is 0.494 e. The third-order valence-electron chi connectivity index (χ3n) is 5.87. The number of ether oxygens (including phenoxy) is 2. The molecule has 1 fully saturated rings. The number of likely N-dealkylation sites (N-methyl/N-ethyl adjacent to an activating group) is 1. The molecule has 1 aromatic carbocycles. The molecule has 4 rings (SSSR count). The van der Waals surface area contributed by atoms with Crippen LogP contribution in [0, 0.1) is 11.6 Å². The first-order valence-corrected chi connectivity index (χ1v) is 12.1. The second-order valence-electron chi connectivity index (χ2n) is 8.01. The average Bonchev–Trinajstić information content (AvgIpc) is 2.85. The monoisotopic (exact) mass is 490 g/mol. The topological polar surface area (TPSA) is 75.6 Å². The Morgan fingerprint density at radius 1 is 1.03 bits per heavy atom. The number of piperazine rings is 1. The van der Waals surface area contributed by atoms with E-state index in [2.05, 4.69) is 37.1 Å². The third kappa shape index (κ3) is 5.01. The van der Waals surface area contributed by atoms with Crippen LogP contribution in [0.2, 0.25) is 0 Å². The molecule has 8 nitrogen and oxygen atoms in total. The molecule has 0 aliphatic carbocycles. The number of hydrogen-bond donors (Lipinski definition) is 1. The van der Waals surface area contributed by atoms with Gasteiger partial charge in [0.1, 0.15) is 5.52 Å². The van der Waals surface area contributed by atoms with Crippen molar-refractivity contribution in [1.82, 2.24) is 24.8 Å². The maximum atomic E-state index is 15.2. The molecule has 1 N–H and O–H groups in total. The summed E-state index contributed by atoms with van der Waals surface area (Å²) in [4.78, 5) is 18.2. The van der Waals surface area contributed by atoms with Gasteiger partial charge in [-0.25, -0.2) is 23.7 Å². The Kier molecular flexibility index (Phi) is 7.64. The molecule has 34 heavy (non-hydrogen) atoms. The molecule has 0 bridgehead atoms. The molecule has 1 saturated heterocycles. The van der Waals surface area contributed by atoms with Gasteiger partial charge in [-0.1, -0.05) is 11.8 Å². The summed E-state index contributed by atoms with van der Waals surface area (Å²) in [6, 6.07) is 2.75. The number of fused-ring (bicyclic) bond motifs is 1. The summed E-state index contributed by atoms with van der Waals surface area (Å²) < 4.78 is 40.6. The van der Waals surface area contributed by atoms with Crippen molar-refractivity contribution in [3.63, 3.8) is 0 Å². The first-order valence-electron chi connectivity index (χ1n) is 10.9. The van der Waals surface area contributed by atoms with E-state index in [1.54, 1.807) is 12.3 Å². The van der Waals surface area contributed by atoms with Gasteiger partial charge in [-0.15, -0.1) is 0 Å². The van der Waals surface area contributed by atoms with Crippen molar-refractivity contribution in [2.24, 2.45) is 0 Å². The van der Waals surface area contributed by atoms with Crippen LogP contribution in [0.3, 0.4) is 0 Å². The lowest BCUT2D eigenvalue weighted by molar-refractivity contribution is 0.158. The zero-order chi connectivity index (χ0) is 24.2. The lowest BCUT2D eigenvalue weighted by Gasteiger charge is -2.32. The van der Waals surface area contributed by atoms with E-state index in [0.29, 0.717) is 28.4 Å². The minimum atomic E-state index is -0.849. The summed E-state index contributed by atoms with van der Waals surface area (Å²) in [5, 5.41) is 4.53. The summed E-state index contributed by atoms with van der Waals surface area (Å²) in [5.41, 5.74) is 0.369. The van der Waals surface area contributed by atoms with Crippen molar-refractivity contribution in [1.29, 1.82) is 0 Å². The number of nitrogens with zero attached hydrogens (tertiary/aromatic N) is 5. The second-order valence-corrected chi connectivity index (χ2v) is 8.78. The summed E-state index contributed by atoms with van der Waals surface area (Å²) in [6.07, 6.45) is 3.52. The highest BCUT2D eigenvalue weighted by Crippen LogP contribution is 2.38. The van der Waals surface area contributed by atoms with Crippen LogP contribution >= 0.6 is 11.8 Å². The fraction of sp³-hybridized carbons (Fsp3) is 0.435. The predicted molar refractivity (Wildman–Crippen MR) is 130 cm³/mol. The zero-order valence-electron chi connectivity index (χ0n) is 19.7. The number of anilines is 1. The van der Waals surface area contributed by atoms with Gasteiger partial charge in [-0.3, -0.25) is 4.90 Å². The minimum absolute atomic E-state index is 0.0994. The number of methoxy groups -OCH3 is 2. The normalized spacial score (nSPS) is 15.0. The van der Waals surface area contributed by atoms with Crippen molar-refractivity contribution < 1.29 is 18.3 Å². The van der Waals surface area contributed by atoms with Crippen molar-refractivity contribution in [3.05, 3.63) is 30.0 Å². The Balaban J connectivity index is 1.73. The summed E-state index contributed by atoms with van der Waals surface area (Å²) in [7, 11) is 4.75. The molecule has 2 aromatic heterocycles. The standard InChI is InChI=1S/C23H28F2N6O2S/c1-30-7-9-31(10-8-30)6-5-26-22-21-14(13-27-23(29-21)34-4)11-15(28-22)18-19(24)16(32-2)12-17(33-3)20(18)25/h11-13H,5-10H2,1-4H3,(H,26,28). The van der Waals surface area contributed by atoms with Crippen molar-refractivity contribution >= 4 is 28.5 Å². The minimum Gasteiger partial charge on any atom is -0.494 e. The maximum Gasteiger partial charge on any atom is 0.187 e. The highest BCUT2D eigenvalue weighted by molar-refractivity contribution is 7.98. The Bertz CT molecular complexity index is 1150. The first kappa shape index (κ1) is 24.4. The molecule has 0 spiro atoms. The smallest absolute Gasteiger partial charge is 0.187 e. The van der Waals surface area contributed by atoms with Crippen LogP contribution in [-0.2, 0) is 0 Å². The summed E-state index contributed by atoms with van der Waals surface area (Å²) >= 11 is 1.41. The molecule has 1 aliphatic rings. The Morgan fingerprint density at radius 3 is 2.32 bits per heavy atom. The molecule has 11 heteroatoms. The predicted octanol–water partition coefficient (Wildman–Crippen LogP) is 3.37. The van der Waals surface area contributed by atoms with Crippen LogP contribution in [-0.4, -0.2) is 91.5 Å². The van der Waals surface area contributed by atoms with Crippen LogP contribution in [0.15, 0.2) is 23.5 Å². The Labute approximate surface area is 201 Å². The van der Waals surface area contributed by atoms with E-state index in [1.165, 1.54) is 32.0 Å². The van der Waals surface area contributed by atoms with Crippen LogP contribution < -0.4 is 14.8 Å². The van der Waals surface area contributed by atoms with Gasteiger partial charge < -0.3 is 19.7 Å². The molecular formula is C23H28F2N6O2S. The molecule has 1 aliphatic heterocycles. The van der Waals surface area contributed by atoms with Gasteiger partial charge in [0.15, 0.2) is 34.1 Å².